The van der Waals surface area contributed by atoms with Crippen molar-refractivity contribution in [2.75, 3.05) is 36.2 Å². The van der Waals surface area contributed by atoms with Gasteiger partial charge in [0.2, 0.25) is 0 Å². The second-order valence-corrected chi connectivity index (χ2v) is 6.73. The fourth-order valence-electron chi connectivity index (χ4n) is 2.86. The van der Waals surface area contributed by atoms with Crippen molar-refractivity contribution in [2.45, 2.75) is 6.54 Å². The highest BCUT2D eigenvalue weighted by Crippen LogP contribution is 2.17. The number of aromatic nitrogens is 1. The van der Waals surface area contributed by atoms with Crippen molar-refractivity contribution >= 4 is 29.1 Å². The molecule has 0 atom stereocenters. The molecule has 0 saturated heterocycles. The largest absolute Gasteiger partial charge is 0.383 e. The molecule has 8 heteroatoms. The van der Waals surface area contributed by atoms with Crippen molar-refractivity contribution in [3.05, 3.63) is 84.7 Å². The molecule has 0 aliphatic carbocycles. The highest BCUT2D eigenvalue weighted by atomic mass is 16.5. The molecule has 31 heavy (non-hydrogen) atoms. The van der Waals surface area contributed by atoms with E-state index in [1.165, 1.54) is 0 Å². The summed E-state index contributed by atoms with van der Waals surface area (Å²) in [4.78, 5) is 30.8. The van der Waals surface area contributed by atoms with Crippen molar-refractivity contribution in [3.63, 3.8) is 0 Å². The van der Waals surface area contributed by atoms with Crippen LogP contribution in [0.4, 0.5) is 26.7 Å². The highest BCUT2D eigenvalue weighted by molar-refractivity contribution is 6.00. The van der Waals surface area contributed by atoms with E-state index in [0.29, 0.717) is 36.8 Å². The summed E-state index contributed by atoms with van der Waals surface area (Å²) in [6.45, 7) is 1.24. The van der Waals surface area contributed by atoms with Gasteiger partial charge in [-0.2, -0.15) is 0 Å². The Morgan fingerprint density at radius 2 is 1.61 bits per heavy atom. The SMILES string of the molecule is COCCN(Cc1cccnc1)C(=O)Nc1cccc(NC(=O)Nc2ccccc2)c1. The summed E-state index contributed by atoms with van der Waals surface area (Å²) in [6, 6.07) is 19.2. The minimum absolute atomic E-state index is 0.271. The van der Waals surface area contributed by atoms with Crippen molar-refractivity contribution in [1.82, 2.24) is 9.88 Å². The van der Waals surface area contributed by atoms with Crippen LogP contribution in [0.1, 0.15) is 5.56 Å². The normalized spacial score (nSPS) is 10.2. The van der Waals surface area contributed by atoms with Gasteiger partial charge in [-0.05, 0) is 42.0 Å². The molecule has 0 spiro atoms. The number of methoxy groups -OCH3 is 1. The molecule has 0 bridgehead atoms. The number of hydrogen-bond acceptors (Lipinski definition) is 4. The molecule has 2 aromatic carbocycles. The van der Waals surface area contributed by atoms with Gasteiger partial charge in [0, 0.05) is 49.7 Å². The maximum absolute atomic E-state index is 12.8. The van der Waals surface area contributed by atoms with Crippen molar-refractivity contribution in [2.24, 2.45) is 0 Å². The highest BCUT2D eigenvalue weighted by Gasteiger charge is 2.14. The Morgan fingerprint density at radius 3 is 2.32 bits per heavy atom. The molecular weight excluding hydrogens is 394 g/mol. The summed E-state index contributed by atoms with van der Waals surface area (Å²) in [5, 5.41) is 8.39. The van der Waals surface area contributed by atoms with Crippen molar-refractivity contribution in [1.29, 1.82) is 0 Å². The third-order valence-electron chi connectivity index (χ3n) is 4.35. The summed E-state index contributed by atoms with van der Waals surface area (Å²) in [5.74, 6) is 0. The molecule has 0 aliphatic heterocycles. The van der Waals surface area contributed by atoms with Crippen LogP contribution in [0.15, 0.2) is 79.1 Å². The number of para-hydroxylation sites is 1. The van der Waals surface area contributed by atoms with Gasteiger partial charge in [-0.15, -0.1) is 0 Å². The number of anilines is 3. The van der Waals surface area contributed by atoms with Crippen LogP contribution in [0, 0.1) is 0 Å². The Balaban J connectivity index is 1.62. The van der Waals surface area contributed by atoms with E-state index in [2.05, 4.69) is 20.9 Å². The second-order valence-electron chi connectivity index (χ2n) is 6.73. The lowest BCUT2D eigenvalue weighted by Gasteiger charge is -2.23. The number of amides is 4. The van der Waals surface area contributed by atoms with Crippen LogP contribution < -0.4 is 16.0 Å². The van der Waals surface area contributed by atoms with E-state index < -0.39 is 0 Å². The molecule has 1 aromatic heterocycles. The summed E-state index contributed by atoms with van der Waals surface area (Å²) in [5.41, 5.74) is 2.73. The van der Waals surface area contributed by atoms with E-state index in [1.807, 2.05) is 30.3 Å². The third-order valence-corrected chi connectivity index (χ3v) is 4.35. The Morgan fingerprint density at radius 1 is 0.903 bits per heavy atom. The van der Waals surface area contributed by atoms with Gasteiger partial charge >= 0.3 is 12.1 Å². The average molecular weight is 419 g/mol. The molecule has 160 valence electrons. The maximum Gasteiger partial charge on any atom is 0.323 e. The fourth-order valence-corrected chi connectivity index (χ4v) is 2.86. The molecule has 3 aromatic rings. The summed E-state index contributed by atoms with van der Waals surface area (Å²) >= 11 is 0. The molecule has 0 radical (unpaired) electrons. The predicted octanol–water partition coefficient (Wildman–Crippen LogP) is 4.41. The third kappa shape index (κ3) is 7.13. The number of rotatable bonds is 8. The monoisotopic (exact) mass is 419 g/mol. The lowest BCUT2D eigenvalue weighted by Crippen LogP contribution is -2.36. The molecule has 0 fully saturated rings. The van der Waals surface area contributed by atoms with Crippen LogP contribution in [-0.4, -0.2) is 42.2 Å². The topological polar surface area (TPSA) is 95.6 Å². The standard InChI is InChI=1S/C23H25N5O3/c1-31-14-13-28(17-18-7-6-12-24-16-18)23(30)27-21-11-5-10-20(15-21)26-22(29)25-19-8-3-2-4-9-19/h2-12,15-16H,13-14,17H2,1H3,(H,27,30)(H2,25,26,29). The summed E-state index contributed by atoms with van der Waals surface area (Å²) in [6.07, 6.45) is 3.42. The van der Waals surface area contributed by atoms with Gasteiger partial charge in [0.05, 0.1) is 6.61 Å². The Labute approximate surface area is 181 Å². The first-order valence-electron chi connectivity index (χ1n) is 9.81. The molecule has 0 saturated carbocycles. The summed E-state index contributed by atoms with van der Waals surface area (Å²) < 4.78 is 5.13. The van der Waals surface area contributed by atoms with E-state index in [0.717, 1.165) is 5.56 Å². The molecule has 3 N–H and O–H groups in total. The Hall–Kier alpha value is -3.91. The van der Waals surface area contributed by atoms with Crippen LogP contribution >= 0.6 is 0 Å². The zero-order valence-corrected chi connectivity index (χ0v) is 17.2. The van der Waals surface area contributed by atoms with Gasteiger partial charge < -0.3 is 25.6 Å². The zero-order valence-electron chi connectivity index (χ0n) is 17.2. The molecule has 8 nitrogen and oxygen atoms in total. The number of ether oxygens (including phenoxy) is 1. The smallest absolute Gasteiger partial charge is 0.323 e. The predicted molar refractivity (Wildman–Crippen MR) is 121 cm³/mol. The van der Waals surface area contributed by atoms with Crippen molar-refractivity contribution < 1.29 is 14.3 Å². The van der Waals surface area contributed by atoms with Gasteiger partial charge in [0.1, 0.15) is 0 Å². The Bertz CT molecular complexity index is 983. The molecule has 3 rings (SSSR count). The average Bonchev–Trinajstić information content (AvgIpc) is 2.78. The van der Waals surface area contributed by atoms with Crippen LogP contribution in [-0.2, 0) is 11.3 Å². The van der Waals surface area contributed by atoms with Gasteiger partial charge in [0.25, 0.3) is 0 Å². The van der Waals surface area contributed by atoms with Gasteiger partial charge in [-0.3, -0.25) is 4.98 Å². The summed E-state index contributed by atoms with van der Waals surface area (Å²) in [7, 11) is 1.59. The van der Waals surface area contributed by atoms with Gasteiger partial charge in [-0.25, -0.2) is 9.59 Å². The van der Waals surface area contributed by atoms with Crippen LogP contribution in [0.2, 0.25) is 0 Å². The molecule has 0 aliphatic rings. The lowest BCUT2D eigenvalue weighted by molar-refractivity contribution is 0.153. The van der Waals surface area contributed by atoms with E-state index in [9.17, 15) is 9.59 Å². The van der Waals surface area contributed by atoms with E-state index in [4.69, 9.17) is 4.74 Å². The van der Waals surface area contributed by atoms with E-state index in [-0.39, 0.29) is 12.1 Å². The van der Waals surface area contributed by atoms with Crippen LogP contribution in [0.5, 0.6) is 0 Å². The maximum atomic E-state index is 12.8. The second kappa shape index (κ2) is 11.3. The Kier molecular flexibility index (Phi) is 7.96. The number of pyridine rings is 1. The first kappa shape index (κ1) is 21.8. The minimum atomic E-state index is -0.368. The molecule has 0 unspecified atom stereocenters. The fraction of sp³-hybridized carbons (Fsp3) is 0.174. The van der Waals surface area contributed by atoms with Crippen molar-refractivity contribution in [3.8, 4) is 0 Å². The quantitative estimate of drug-likeness (QED) is 0.504. The number of urea groups is 2. The zero-order chi connectivity index (χ0) is 21.9. The molecular formula is C23H25N5O3. The molecule has 1 heterocycles. The molecule has 4 amide bonds. The van der Waals surface area contributed by atoms with Gasteiger partial charge in [-0.1, -0.05) is 30.3 Å². The van der Waals surface area contributed by atoms with Gasteiger partial charge in [0.15, 0.2) is 0 Å². The number of benzene rings is 2. The van der Waals surface area contributed by atoms with E-state index >= 15 is 0 Å². The van der Waals surface area contributed by atoms with Crippen LogP contribution in [0.3, 0.4) is 0 Å². The van der Waals surface area contributed by atoms with E-state index in [1.54, 1.807) is 60.8 Å². The lowest BCUT2D eigenvalue weighted by atomic mass is 10.2. The number of carbonyl (C=O) groups is 2. The number of hydrogen-bond donors (Lipinski definition) is 3. The number of nitrogens with zero attached hydrogens (tertiary/aromatic N) is 2. The van der Waals surface area contributed by atoms with Crippen LogP contribution in [0.25, 0.3) is 0 Å². The first-order valence-corrected chi connectivity index (χ1v) is 9.81. The number of nitrogens with one attached hydrogen (secondary N) is 3. The number of carbonyl (C=O) groups excluding carboxylic acids is 2. The minimum Gasteiger partial charge on any atom is -0.383 e. The first-order chi connectivity index (χ1) is 15.1.